The van der Waals surface area contributed by atoms with Crippen molar-refractivity contribution in [3.63, 3.8) is 0 Å². The minimum absolute atomic E-state index is 0.275. The van der Waals surface area contributed by atoms with E-state index in [2.05, 4.69) is 36.7 Å². The molecule has 0 spiro atoms. The predicted octanol–water partition coefficient (Wildman–Crippen LogP) is 1.27. The highest BCUT2D eigenvalue weighted by molar-refractivity contribution is 5.94. The SMILES string of the molecule is CCC(C)C(NC(=O)CN(C)C(=O)CN(C)C(=O)C(C)NC(=O)COC(=O)/C(C)=C/CCC(C)C[C@@H](C)CC)C(=O)N[C@H](C)C(N)=O. The largest absolute Gasteiger partial charge is 0.452 e. The molecule has 47 heavy (non-hydrogen) atoms. The van der Waals surface area contributed by atoms with E-state index in [0.717, 1.165) is 35.5 Å². The number of nitrogens with one attached hydrogen (secondary N) is 3. The topological polar surface area (TPSA) is 197 Å². The van der Waals surface area contributed by atoms with Crippen molar-refractivity contribution in [2.45, 2.75) is 106 Å². The summed E-state index contributed by atoms with van der Waals surface area (Å²) >= 11 is 0. The number of rotatable bonds is 21. The Morgan fingerprint density at radius 1 is 0.787 bits per heavy atom. The summed E-state index contributed by atoms with van der Waals surface area (Å²) in [6.45, 7) is 13.3. The molecule has 0 aromatic rings. The van der Waals surface area contributed by atoms with Crippen molar-refractivity contribution in [3.05, 3.63) is 11.6 Å². The van der Waals surface area contributed by atoms with Crippen LogP contribution in [0.4, 0.5) is 0 Å². The molecule has 0 aliphatic carbocycles. The Morgan fingerprint density at radius 2 is 1.40 bits per heavy atom. The fourth-order valence-electron chi connectivity index (χ4n) is 4.56. The first-order chi connectivity index (χ1) is 21.8. The lowest BCUT2D eigenvalue weighted by Gasteiger charge is -2.27. The number of nitrogens with two attached hydrogens (primary N) is 1. The number of nitrogens with zero attached hydrogens (tertiary/aromatic N) is 2. The maximum absolute atomic E-state index is 12.8. The van der Waals surface area contributed by atoms with E-state index in [1.54, 1.807) is 19.9 Å². The highest BCUT2D eigenvalue weighted by Crippen LogP contribution is 2.19. The number of esters is 1. The lowest BCUT2D eigenvalue weighted by Crippen LogP contribution is -2.56. The number of carbonyl (C=O) groups excluding carboxylic acids is 7. The smallest absolute Gasteiger partial charge is 0.333 e. The second kappa shape index (κ2) is 21.8. The molecule has 0 bridgehead atoms. The summed E-state index contributed by atoms with van der Waals surface area (Å²) < 4.78 is 5.08. The van der Waals surface area contributed by atoms with Gasteiger partial charge in [-0.15, -0.1) is 0 Å². The van der Waals surface area contributed by atoms with Gasteiger partial charge >= 0.3 is 5.97 Å². The molecule has 0 heterocycles. The fraction of sp³-hybridized carbons (Fsp3) is 0.727. The Morgan fingerprint density at radius 3 is 1.96 bits per heavy atom. The number of hydrogen-bond acceptors (Lipinski definition) is 8. The van der Waals surface area contributed by atoms with Crippen molar-refractivity contribution < 1.29 is 38.3 Å². The zero-order valence-electron chi connectivity index (χ0n) is 29.9. The van der Waals surface area contributed by atoms with Gasteiger partial charge in [-0.3, -0.25) is 28.8 Å². The average Bonchev–Trinajstić information content (AvgIpc) is 3.00. The number of ether oxygens (including phenoxy) is 1. The van der Waals surface area contributed by atoms with Gasteiger partial charge in [-0.1, -0.05) is 53.5 Å². The third-order valence-corrected chi connectivity index (χ3v) is 8.17. The molecule has 0 radical (unpaired) electrons. The first-order valence-corrected chi connectivity index (χ1v) is 16.3. The molecule has 268 valence electrons. The van der Waals surface area contributed by atoms with Crippen molar-refractivity contribution in [1.29, 1.82) is 0 Å². The standard InChI is InChI=1S/C33H58N6O8/c1-11-20(3)16-21(4)14-13-15-23(6)33(46)47-19-27(41)35-25(8)32(45)39(10)18-28(42)38(9)17-26(40)37-29(22(5)12-2)31(44)36-24(7)30(34)43/h15,20-22,24-25,29H,11-14,16-19H2,1-10H3,(H2,34,43)(H,35,41)(H,36,44)(H,37,40)/b23-15+/t20-,21?,22?,24+,25?,29?/m0/s1. The quantitative estimate of drug-likeness (QED) is 0.104. The summed E-state index contributed by atoms with van der Waals surface area (Å²) in [5, 5.41) is 7.52. The molecular formula is C33H58N6O8. The zero-order chi connectivity index (χ0) is 36.4. The Labute approximate surface area is 279 Å². The van der Waals surface area contributed by atoms with Crippen molar-refractivity contribution in [2.24, 2.45) is 23.5 Å². The molecule has 14 heteroatoms. The number of primary amides is 1. The van der Waals surface area contributed by atoms with E-state index in [0.29, 0.717) is 23.8 Å². The lowest BCUT2D eigenvalue weighted by molar-refractivity contribution is -0.146. The van der Waals surface area contributed by atoms with Crippen molar-refractivity contribution in [2.75, 3.05) is 33.8 Å². The summed E-state index contributed by atoms with van der Waals surface area (Å²) in [6, 6.07) is -2.91. The average molecular weight is 667 g/mol. The van der Waals surface area contributed by atoms with Gasteiger partial charge in [-0.25, -0.2) is 4.79 Å². The Bertz CT molecular complexity index is 1130. The van der Waals surface area contributed by atoms with Crippen LogP contribution in [0.5, 0.6) is 0 Å². The van der Waals surface area contributed by atoms with Crippen molar-refractivity contribution in [1.82, 2.24) is 25.8 Å². The maximum atomic E-state index is 12.8. The van der Waals surface area contributed by atoms with E-state index in [-0.39, 0.29) is 12.5 Å². The normalized spacial score (nSPS) is 15.1. The number of likely N-dealkylation sites (N-methyl/N-ethyl adjacent to an activating group) is 2. The molecule has 0 aliphatic heterocycles. The molecule has 6 amide bonds. The molecule has 0 aromatic heterocycles. The van der Waals surface area contributed by atoms with Gasteiger partial charge in [0.2, 0.25) is 29.5 Å². The van der Waals surface area contributed by atoms with Gasteiger partial charge in [0, 0.05) is 19.7 Å². The predicted molar refractivity (Wildman–Crippen MR) is 178 cm³/mol. The minimum atomic E-state index is -1.02. The molecule has 0 saturated carbocycles. The molecule has 0 saturated heterocycles. The molecule has 0 aromatic carbocycles. The summed E-state index contributed by atoms with van der Waals surface area (Å²) in [5.41, 5.74) is 5.62. The first-order valence-electron chi connectivity index (χ1n) is 16.3. The Hall–Kier alpha value is -3.97. The van der Waals surface area contributed by atoms with Crippen LogP contribution < -0.4 is 21.7 Å². The summed E-state index contributed by atoms with van der Waals surface area (Å²) in [5.74, 6) is -3.41. The molecule has 5 N–H and O–H groups in total. The lowest BCUT2D eigenvalue weighted by atomic mass is 9.92. The molecule has 0 aliphatic rings. The van der Waals surface area contributed by atoms with Gasteiger partial charge in [-0.05, 0) is 57.8 Å². The van der Waals surface area contributed by atoms with Crippen LogP contribution in [0.2, 0.25) is 0 Å². The molecule has 14 nitrogen and oxygen atoms in total. The van der Waals surface area contributed by atoms with Crippen LogP contribution in [0.15, 0.2) is 11.6 Å². The van der Waals surface area contributed by atoms with E-state index >= 15 is 0 Å². The molecule has 0 fully saturated rings. The number of hydrogen-bond donors (Lipinski definition) is 4. The molecule has 4 unspecified atom stereocenters. The zero-order valence-corrected chi connectivity index (χ0v) is 29.9. The second-order valence-electron chi connectivity index (χ2n) is 12.7. The van der Waals surface area contributed by atoms with E-state index in [9.17, 15) is 33.6 Å². The van der Waals surface area contributed by atoms with Crippen LogP contribution in [0.1, 0.15) is 87.5 Å². The van der Waals surface area contributed by atoms with E-state index in [1.807, 2.05) is 6.92 Å². The third-order valence-electron chi connectivity index (χ3n) is 8.17. The van der Waals surface area contributed by atoms with E-state index in [1.165, 1.54) is 27.9 Å². The first kappa shape index (κ1) is 43.0. The molecule has 0 rings (SSSR count). The van der Waals surface area contributed by atoms with Gasteiger partial charge in [0.15, 0.2) is 6.61 Å². The van der Waals surface area contributed by atoms with Crippen LogP contribution in [-0.2, 0) is 38.3 Å². The van der Waals surface area contributed by atoms with Crippen LogP contribution >= 0.6 is 0 Å². The summed E-state index contributed by atoms with van der Waals surface area (Å²) in [4.78, 5) is 89.1. The van der Waals surface area contributed by atoms with Gasteiger partial charge in [0.05, 0.1) is 13.1 Å². The van der Waals surface area contributed by atoms with Crippen molar-refractivity contribution in [3.8, 4) is 0 Å². The van der Waals surface area contributed by atoms with Crippen LogP contribution in [-0.4, -0.2) is 103 Å². The van der Waals surface area contributed by atoms with E-state index in [4.69, 9.17) is 10.5 Å². The fourth-order valence-corrected chi connectivity index (χ4v) is 4.56. The monoisotopic (exact) mass is 666 g/mol. The Balaban J connectivity index is 4.84. The van der Waals surface area contributed by atoms with Gasteiger partial charge in [0.1, 0.15) is 18.1 Å². The van der Waals surface area contributed by atoms with Crippen LogP contribution in [0.25, 0.3) is 0 Å². The minimum Gasteiger partial charge on any atom is -0.452 e. The number of amides is 6. The van der Waals surface area contributed by atoms with E-state index < -0.39 is 72.7 Å². The van der Waals surface area contributed by atoms with Crippen LogP contribution in [0.3, 0.4) is 0 Å². The van der Waals surface area contributed by atoms with Crippen molar-refractivity contribution >= 4 is 41.4 Å². The number of allylic oxidation sites excluding steroid dienone is 1. The van der Waals surface area contributed by atoms with Gasteiger partial charge in [0.25, 0.3) is 5.91 Å². The highest BCUT2D eigenvalue weighted by Gasteiger charge is 2.29. The summed E-state index contributed by atoms with van der Waals surface area (Å²) in [6.07, 6.45) is 6.30. The number of carbonyl (C=O) groups is 7. The third kappa shape index (κ3) is 17.0. The second-order valence-corrected chi connectivity index (χ2v) is 12.7. The van der Waals surface area contributed by atoms with Crippen LogP contribution in [0, 0.1) is 17.8 Å². The van der Waals surface area contributed by atoms with Gasteiger partial charge < -0.3 is 36.2 Å². The molecule has 6 atom stereocenters. The Kier molecular flexibility index (Phi) is 19.9. The van der Waals surface area contributed by atoms with Gasteiger partial charge in [-0.2, -0.15) is 0 Å². The highest BCUT2D eigenvalue weighted by atomic mass is 16.5. The summed E-state index contributed by atoms with van der Waals surface area (Å²) in [7, 11) is 2.75. The molecular weight excluding hydrogens is 608 g/mol. The maximum Gasteiger partial charge on any atom is 0.333 e.